The molecular weight excluding hydrogens is 381 g/mol. The Hall–Kier alpha value is -1.01. The number of halogens is 3. The fraction of sp³-hybridized carbons (Fsp3) is 0. The number of hydrogen-bond donors (Lipinski definition) is 2. The molecular formula is C13H8BrCl2N3S. The first-order valence-corrected chi connectivity index (χ1v) is 7.98. The van der Waals surface area contributed by atoms with Crippen LogP contribution in [-0.4, -0.2) is 10.2 Å². The van der Waals surface area contributed by atoms with Crippen LogP contribution in [0, 0.1) is 0 Å². The SMILES string of the molecule is Nc1n[nH]c(-c2cc(Cl)sc2Cl)c1-c1cccc(Br)c1. The Morgan fingerprint density at radius 3 is 2.70 bits per heavy atom. The molecule has 0 saturated heterocycles. The van der Waals surface area contributed by atoms with Gasteiger partial charge < -0.3 is 5.73 Å². The van der Waals surface area contributed by atoms with Gasteiger partial charge in [-0.05, 0) is 23.8 Å². The molecule has 0 radical (unpaired) electrons. The number of H-pyrrole nitrogens is 1. The Morgan fingerprint density at radius 1 is 1.25 bits per heavy atom. The number of benzene rings is 1. The second-order valence-corrected chi connectivity index (χ2v) is 7.31. The van der Waals surface area contributed by atoms with Gasteiger partial charge in [0.25, 0.3) is 0 Å². The summed E-state index contributed by atoms with van der Waals surface area (Å²) >= 11 is 17.0. The maximum atomic E-state index is 6.22. The summed E-state index contributed by atoms with van der Waals surface area (Å²) in [6, 6.07) is 9.65. The maximum Gasteiger partial charge on any atom is 0.153 e. The van der Waals surface area contributed by atoms with E-state index in [1.54, 1.807) is 0 Å². The number of nitrogens with two attached hydrogens (primary N) is 1. The molecule has 0 atom stereocenters. The second-order valence-electron chi connectivity index (χ2n) is 4.11. The molecule has 0 saturated carbocycles. The van der Waals surface area contributed by atoms with Crippen molar-refractivity contribution in [3.63, 3.8) is 0 Å². The van der Waals surface area contributed by atoms with E-state index in [4.69, 9.17) is 28.9 Å². The van der Waals surface area contributed by atoms with Gasteiger partial charge in [0.1, 0.15) is 4.34 Å². The molecule has 0 aliphatic heterocycles. The highest BCUT2D eigenvalue weighted by atomic mass is 79.9. The molecule has 0 unspecified atom stereocenters. The minimum atomic E-state index is 0.427. The molecule has 3 nitrogen and oxygen atoms in total. The largest absolute Gasteiger partial charge is 0.382 e. The van der Waals surface area contributed by atoms with Crippen LogP contribution in [0.25, 0.3) is 22.4 Å². The number of aromatic nitrogens is 2. The van der Waals surface area contributed by atoms with Crippen molar-refractivity contribution in [2.24, 2.45) is 0 Å². The summed E-state index contributed by atoms with van der Waals surface area (Å²) in [5.41, 5.74) is 9.35. The number of nitrogen functional groups attached to an aromatic ring is 1. The maximum absolute atomic E-state index is 6.22. The van der Waals surface area contributed by atoms with Crippen molar-refractivity contribution in [1.29, 1.82) is 0 Å². The van der Waals surface area contributed by atoms with E-state index in [9.17, 15) is 0 Å². The van der Waals surface area contributed by atoms with E-state index in [0.717, 1.165) is 26.9 Å². The van der Waals surface area contributed by atoms with Crippen LogP contribution in [0.5, 0.6) is 0 Å². The average Bonchev–Trinajstić information content (AvgIpc) is 2.92. The Morgan fingerprint density at radius 2 is 2.05 bits per heavy atom. The smallest absolute Gasteiger partial charge is 0.153 e. The first-order chi connectivity index (χ1) is 9.56. The van der Waals surface area contributed by atoms with Gasteiger partial charge in [-0.25, -0.2) is 0 Å². The van der Waals surface area contributed by atoms with Crippen LogP contribution in [0.2, 0.25) is 8.67 Å². The van der Waals surface area contributed by atoms with Crippen LogP contribution in [0.4, 0.5) is 5.82 Å². The first-order valence-electron chi connectivity index (χ1n) is 5.61. The number of anilines is 1. The van der Waals surface area contributed by atoms with E-state index in [-0.39, 0.29) is 0 Å². The molecule has 3 rings (SSSR count). The van der Waals surface area contributed by atoms with E-state index in [1.165, 1.54) is 11.3 Å². The van der Waals surface area contributed by atoms with Gasteiger partial charge in [0.2, 0.25) is 0 Å². The number of nitrogens with zero attached hydrogens (tertiary/aromatic N) is 1. The predicted molar refractivity (Wildman–Crippen MR) is 89.5 cm³/mol. The monoisotopic (exact) mass is 387 g/mol. The lowest BCUT2D eigenvalue weighted by Crippen LogP contribution is -1.88. The Balaban J connectivity index is 2.22. The number of rotatable bonds is 2. The fourth-order valence-corrected chi connectivity index (χ4v) is 3.87. The van der Waals surface area contributed by atoms with Crippen molar-refractivity contribution < 1.29 is 0 Å². The summed E-state index contributed by atoms with van der Waals surface area (Å²) in [5, 5.41) is 7.03. The molecule has 2 aromatic heterocycles. The van der Waals surface area contributed by atoms with Gasteiger partial charge in [-0.2, -0.15) is 5.10 Å². The van der Waals surface area contributed by atoms with Crippen LogP contribution in [0.15, 0.2) is 34.8 Å². The zero-order chi connectivity index (χ0) is 14.3. The predicted octanol–water partition coefficient (Wildman–Crippen LogP) is 5.46. The average molecular weight is 389 g/mol. The summed E-state index contributed by atoms with van der Waals surface area (Å²) in [6.07, 6.45) is 0. The second kappa shape index (κ2) is 5.41. The molecule has 0 aliphatic rings. The van der Waals surface area contributed by atoms with Gasteiger partial charge in [0, 0.05) is 10.0 Å². The number of hydrogen-bond acceptors (Lipinski definition) is 3. The van der Waals surface area contributed by atoms with Gasteiger partial charge in [-0.3, -0.25) is 5.10 Å². The molecule has 0 bridgehead atoms. The third-order valence-electron chi connectivity index (χ3n) is 2.83. The van der Waals surface area contributed by atoms with Gasteiger partial charge in [0.05, 0.1) is 15.6 Å². The van der Waals surface area contributed by atoms with E-state index >= 15 is 0 Å². The van der Waals surface area contributed by atoms with E-state index < -0.39 is 0 Å². The summed E-state index contributed by atoms with van der Waals surface area (Å²) in [6.45, 7) is 0. The number of aromatic amines is 1. The Labute approximate surface area is 137 Å². The molecule has 0 amide bonds. The van der Waals surface area contributed by atoms with Crippen LogP contribution >= 0.6 is 50.5 Å². The summed E-state index contributed by atoms with van der Waals surface area (Å²) in [4.78, 5) is 0. The van der Waals surface area contributed by atoms with Crippen molar-refractivity contribution in [2.45, 2.75) is 0 Å². The molecule has 0 spiro atoms. The molecule has 1 aromatic carbocycles. The first kappa shape index (κ1) is 13.9. The van der Waals surface area contributed by atoms with Gasteiger partial charge >= 0.3 is 0 Å². The quantitative estimate of drug-likeness (QED) is 0.612. The molecule has 0 aliphatic carbocycles. The van der Waals surface area contributed by atoms with Crippen LogP contribution in [-0.2, 0) is 0 Å². The summed E-state index contributed by atoms with van der Waals surface area (Å²) in [5.74, 6) is 0.427. The van der Waals surface area contributed by atoms with Gasteiger partial charge in [0.15, 0.2) is 5.82 Å². The molecule has 2 heterocycles. The molecule has 20 heavy (non-hydrogen) atoms. The highest BCUT2D eigenvalue weighted by Crippen LogP contribution is 2.43. The summed E-state index contributed by atoms with van der Waals surface area (Å²) < 4.78 is 2.20. The zero-order valence-electron chi connectivity index (χ0n) is 9.95. The van der Waals surface area contributed by atoms with E-state index in [2.05, 4.69) is 26.1 Å². The highest BCUT2D eigenvalue weighted by Gasteiger charge is 2.18. The van der Waals surface area contributed by atoms with Crippen molar-refractivity contribution >= 4 is 56.3 Å². The standard InChI is InChI=1S/C13H8BrCl2N3S/c14-7-3-1-2-6(4-7)10-11(18-19-13(10)17)8-5-9(15)20-12(8)16/h1-5H,(H3,17,18,19). The van der Waals surface area contributed by atoms with E-state index in [1.807, 2.05) is 30.3 Å². The van der Waals surface area contributed by atoms with Crippen LogP contribution < -0.4 is 5.73 Å². The third-order valence-corrected chi connectivity index (χ3v) is 4.81. The van der Waals surface area contributed by atoms with Gasteiger partial charge in [-0.1, -0.05) is 51.3 Å². The highest BCUT2D eigenvalue weighted by molar-refractivity contribution is 9.10. The fourth-order valence-electron chi connectivity index (χ4n) is 2.00. The molecule has 7 heteroatoms. The number of thiophene rings is 1. The van der Waals surface area contributed by atoms with Crippen molar-refractivity contribution in [3.8, 4) is 22.4 Å². The van der Waals surface area contributed by atoms with Crippen molar-refractivity contribution in [2.75, 3.05) is 5.73 Å². The van der Waals surface area contributed by atoms with Crippen molar-refractivity contribution in [1.82, 2.24) is 10.2 Å². The lowest BCUT2D eigenvalue weighted by atomic mass is 10.0. The molecule has 3 aromatic rings. The van der Waals surface area contributed by atoms with Crippen LogP contribution in [0.1, 0.15) is 0 Å². The molecule has 102 valence electrons. The Bertz CT molecular complexity index is 782. The van der Waals surface area contributed by atoms with Crippen LogP contribution in [0.3, 0.4) is 0 Å². The zero-order valence-corrected chi connectivity index (χ0v) is 13.9. The number of nitrogens with one attached hydrogen (secondary N) is 1. The lowest BCUT2D eigenvalue weighted by Gasteiger charge is -2.04. The summed E-state index contributed by atoms with van der Waals surface area (Å²) in [7, 11) is 0. The topological polar surface area (TPSA) is 54.7 Å². The Kier molecular flexibility index (Phi) is 3.77. The normalized spacial score (nSPS) is 10.9. The third kappa shape index (κ3) is 2.46. The molecule has 0 fully saturated rings. The van der Waals surface area contributed by atoms with E-state index in [0.29, 0.717) is 14.5 Å². The molecule has 3 N–H and O–H groups in total. The minimum absolute atomic E-state index is 0.427. The van der Waals surface area contributed by atoms with Gasteiger partial charge in [-0.15, -0.1) is 11.3 Å². The minimum Gasteiger partial charge on any atom is -0.382 e. The lowest BCUT2D eigenvalue weighted by molar-refractivity contribution is 1.10. The van der Waals surface area contributed by atoms with Crippen molar-refractivity contribution in [3.05, 3.63) is 43.5 Å².